The smallest absolute Gasteiger partial charge is 0.372 e. The molecule has 0 amide bonds. The molecule has 1 aliphatic rings. The summed E-state index contributed by atoms with van der Waals surface area (Å²) in [5, 5.41) is 3.38. The molecule has 1 aliphatic carbocycles. The van der Waals surface area contributed by atoms with Crippen molar-refractivity contribution in [1.29, 1.82) is 0 Å². The van der Waals surface area contributed by atoms with Crippen molar-refractivity contribution in [2.24, 2.45) is 11.3 Å². The average molecular weight is 267 g/mol. The summed E-state index contributed by atoms with van der Waals surface area (Å²) in [6.07, 6.45) is -0.0423. The van der Waals surface area contributed by atoms with Gasteiger partial charge in [-0.1, -0.05) is 13.8 Å². The van der Waals surface area contributed by atoms with Crippen LogP contribution in [0, 0.1) is 11.3 Å². The Kier molecular flexibility index (Phi) is 5.92. The van der Waals surface area contributed by atoms with Crippen molar-refractivity contribution < 1.29 is 17.9 Å². The van der Waals surface area contributed by atoms with Gasteiger partial charge in [-0.15, -0.1) is 0 Å². The molecule has 0 aliphatic heterocycles. The second-order valence-corrected chi connectivity index (χ2v) is 5.52. The van der Waals surface area contributed by atoms with Crippen molar-refractivity contribution in [3.8, 4) is 0 Å². The highest BCUT2D eigenvalue weighted by atomic mass is 19.4. The van der Waals surface area contributed by atoms with Gasteiger partial charge in [-0.3, -0.25) is 0 Å². The molecule has 1 unspecified atom stereocenters. The van der Waals surface area contributed by atoms with Gasteiger partial charge in [0.15, 0.2) is 0 Å². The van der Waals surface area contributed by atoms with E-state index in [9.17, 15) is 13.2 Å². The Hall–Kier alpha value is -0.290. The largest absolute Gasteiger partial charge is 0.411 e. The van der Waals surface area contributed by atoms with Crippen LogP contribution in [0.1, 0.15) is 39.5 Å². The van der Waals surface area contributed by atoms with E-state index < -0.39 is 12.8 Å². The maximum atomic E-state index is 12.0. The summed E-state index contributed by atoms with van der Waals surface area (Å²) in [7, 11) is 0. The average Bonchev–Trinajstić information content (AvgIpc) is 3.07. The molecule has 0 bridgehead atoms. The van der Waals surface area contributed by atoms with Gasteiger partial charge >= 0.3 is 6.18 Å². The van der Waals surface area contributed by atoms with Crippen LogP contribution in [0.4, 0.5) is 13.2 Å². The van der Waals surface area contributed by atoms with Gasteiger partial charge in [-0.05, 0) is 43.6 Å². The molecule has 0 radical (unpaired) electrons. The van der Waals surface area contributed by atoms with Crippen LogP contribution >= 0.6 is 0 Å². The van der Waals surface area contributed by atoms with Gasteiger partial charge in [-0.25, -0.2) is 0 Å². The third-order valence-electron chi connectivity index (χ3n) is 3.60. The Balaban J connectivity index is 2.24. The molecule has 1 rings (SSSR count). The lowest BCUT2D eigenvalue weighted by Gasteiger charge is -2.30. The number of hydrogen-bond acceptors (Lipinski definition) is 2. The van der Waals surface area contributed by atoms with Crippen LogP contribution in [0.5, 0.6) is 0 Å². The zero-order chi connectivity index (χ0) is 13.6. The van der Waals surface area contributed by atoms with Crippen molar-refractivity contribution in [3.05, 3.63) is 0 Å². The maximum absolute atomic E-state index is 12.0. The van der Waals surface area contributed by atoms with Crippen LogP contribution in [0.15, 0.2) is 0 Å². The van der Waals surface area contributed by atoms with Crippen LogP contribution in [-0.4, -0.2) is 32.5 Å². The molecule has 2 nitrogen and oxygen atoms in total. The first-order valence-electron chi connectivity index (χ1n) is 6.72. The van der Waals surface area contributed by atoms with Crippen molar-refractivity contribution in [3.63, 3.8) is 0 Å². The van der Waals surface area contributed by atoms with Crippen LogP contribution in [0.2, 0.25) is 0 Å². The standard InChI is InChI=1S/C13H24F3NO/c1-3-7-17-9-12(2,11-4-5-11)6-8-18-10-13(14,15)16/h11,17H,3-10H2,1-2H3. The number of rotatable bonds is 9. The van der Waals surface area contributed by atoms with Crippen LogP contribution in [-0.2, 0) is 4.74 Å². The van der Waals surface area contributed by atoms with Crippen molar-refractivity contribution in [2.75, 3.05) is 26.3 Å². The first-order valence-corrected chi connectivity index (χ1v) is 6.72. The number of ether oxygens (including phenoxy) is 1. The van der Waals surface area contributed by atoms with E-state index in [1.807, 2.05) is 0 Å². The van der Waals surface area contributed by atoms with Gasteiger partial charge in [-0.2, -0.15) is 13.2 Å². The normalized spacial score (nSPS) is 19.8. The monoisotopic (exact) mass is 267 g/mol. The van der Waals surface area contributed by atoms with Gasteiger partial charge in [0.05, 0.1) is 0 Å². The molecule has 0 aromatic heterocycles. The SMILES string of the molecule is CCCNCC(C)(CCOCC(F)(F)F)C1CC1. The lowest BCUT2D eigenvalue weighted by Crippen LogP contribution is -2.35. The van der Waals surface area contributed by atoms with Gasteiger partial charge in [0.2, 0.25) is 0 Å². The lowest BCUT2D eigenvalue weighted by atomic mass is 9.81. The highest BCUT2D eigenvalue weighted by Crippen LogP contribution is 2.47. The topological polar surface area (TPSA) is 21.3 Å². The maximum Gasteiger partial charge on any atom is 0.411 e. The molecule has 0 aromatic carbocycles. The minimum atomic E-state index is -4.21. The van der Waals surface area contributed by atoms with E-state index in [2.05, 4.69) is 19.2 Å². The molecule has 108 valence electrons. The third kappa shape index (κ3) is 6.05. The molecule has 0 spiro atoms. The molecule has 1 fully saturated rings. The highest BCUT2D eigenvalue weighted by molar-refractivity contribution is 4.92. The number of alkyl halides is 3. The van der Waals surface area contributed by atoms with Gasteiger partial charge in [0.25, 0.3) is 0 Å². The summed E-state index contributed by atoms with van der Waals surface area (Å²) in [6.45, 7) is 5.17. The molecular weight excluding hydrogens is 243 g/mol. The summed E-state index contributed by atoms with van der Waals surface area (Å²) < 4.78 is 40.6. The Morgan fingerprint density at radius 3 is 2.44 bits per heavy atom. The molecule has 1 atom stereocenters. The van der Waals surface area contributed by atoms with E-state index in [4.69, 9.17) is 4.74 Å². The molecule has 1 N–H and O–H groups in total. The van der Waals surface area contributed by atoms with Crippen molar-refractivity contribution >= 4 is 0 Å². The minimum Gasteiger partial charge on any atom is -0.372 e. The first kappa shape index (κ1) is 15.8. The quantitative estimate of drug-likeness (QED) is 0.647. The second kappa shape index (κ2) is 6.75. The minimum absolute atomic E-state index is 0.0841. The molecule has 1 saturated carbocycles. The number of hydrogen-bond donors (Lipinski definition) is 1. The van der Waals surface area contributed by atoms with E-state index in [-0.39, 0.29) is 12.0 Å². The summed E-state index contributed by atoms with van der Waals surface area (Å²) in [4.78, 5) is 0. The van der Waals surface area contributed by atoms with E-state index in [0.717, 1.165) is 19.5 Å². The van der Waals surface area contributed by atoms with E-state index >= 15 is 0 Å². The molecule has 0 heterocycles. The molecule has 18 heavy (non-hydrogen) atoms. The van der Waals surface area contributed by atoms with Crippen LogP contribution < -0.4 is 5.32 Å². The first-order chi connectivity index (χ1) is 8.37. The van der Waals surface area contributed by atoms with Gasteiger partial charge in [0.1, 0.15) is 6.61 Å². The van der Waals surface area contributed by atoms with Crippen LogP contribution in [0.3, 0.4) is 0 Å². The molecule has 0 aromatic rings. The zero-order valence-electron chi connectivity index (χ0n) is 11.3. The van der Waals surface area contributed by atoms with Gasteiger partial charge < -0.3 is 10.1 Å². The number of halogens is 3. The highest BCUT2D eigenvalue weighted by Gasteiger charge is 2.40. The van der Waals surface area contributed by atoms with E-state index in [1.165, 1.54) is 12.8 Å². The third-order valence-corrected chi connectivity index (χ3v) is 3.60. The molecular formula is C13H24F3NO. The van der Waals surface area contributed by atoms with Crippen molar-refractivity contribution in [1.82, 2.24) is 5.32 Å². The van der Waals surface area contributed by atoms with E-state index in [0.29, 0.717) is 12.3 Å². The Morgan fingerprint density at radius 2 is 1.94 bits per heavy atom. The molecule has 0 saturated heterocycles. The van der Waals surface area contributed by atoms with Crippen molar-refractivity contribution in [2.45, 2.75) is 45.7 Å². The predicted octanol–water partition coefficient (Wildman–Crippen LogP) is 3.37. The Bertz CT molecular complexity index is 241. The van der Waals surface area contributed by atoms with Gasteiger partial charge in [0, 0.05) is 13.2 Å². The summed E-state index contributed by atoms with van der Waals surface area (Å²) in [5.74, 6) is 0.649. The lowest BCUT2D eigenvalue weighted by molar-refractivity contribution is -0.175. The van der Waals surface area contributed by atoms with Crippen LogP contribution in [0.25, 0.3) is 0 Å². The fourth-order valence-corrected chi connectivity index (χ4v) is 2.26. The van der Waals surface area contributed by atoms with E-state index in [1.54, 1.807) is 0 Å². The summed E-state index contributed by atoms with van der Waals surface area (Å²) in [5.41, 5.74) is 0.0841. The molecule has 5 heteroatoms. The fraction of sp³-hybridized carbons (Fsp3) is 1.00. The number of nitrogens with one attached hydrogen (secondary N) is 1. The predicted molar refractivity (Wildman–Crippen MR) is 65.5 cm³/mol. The summed E-state index contributed by atoms with van der Waals surface area (Å²) >= 11 is 0. The Morgan fingerprint density at radius 1 is 1.28 bits per heavy atom. The summed E-state index contributed by atoms with van der Waals surface area (Å²) in [6, 6.07) is 0. The zero-order valence-corrected chi connectivity index (χ0v) is 11.3. The second-order valence-electron chi connectivity index (χ2n) is 5.52. The fourth-order valence-electron chi connectivity index (χ4n) is 2.26. The Labute approximate surface area is 107 Å².